The van der Waals surface area contributed by atoms with Gasteiger partial charge < -0.3 is 14.8 Å². The first-order chi connectivity index (χ1) is 11.7. The smallest absolute Gasteiger partial charge is 0.200 e. The van der Waals surface area contributed by atoms with E-state index >= 15 is 0 Å². The number of hydrogen-bond donors (Lipinski definition) is 1. The maximum absolute atomic E-state index is 14.6. The Hall–Kier alpha value is -3.25. The zero-order valence-electron chi connectivity index (χ0n) is 13.4. The van der Waals surface area contributed by atoms with E-state index in [0.29, 0.717) is 5.69 Å². The van der Waals surface area contributed by atoms with Crippen molar-refractivity contribution < 1.29 is 13.9 Å². The van der Waals surface area contributed by atoms with Gasteiger partial charge in [-0.3, -0.25) is 0 Å². The number of rotatable bonds is 6. The van der Waals surface area contributed by atoms with Gasteiger partial charge in [0.15, 0.2) is 11.6 Å². The van der Waals surface area contributed by atoms with Crippen molar-refractivity contribution in [2.75, 3.05) is 18.5 Å². The molecule has 0 aromatic heterocycles. The highest BCUT2D eigenvalue weighted by molar-refractivity contribution is 5.80. The molecule has 2 aromatic carbocycles. The highest BCUT2D eigenvalue weighted by Gasteiger charge is 2.27. The number of halogens is 1. The monoisotopic (exact) mass is 325 g/mol. The molecule has 0 saturated heterocycles. The molecule has 0 unspecified atom stereocenters. The lowest BCUT2D eigenvalue weighted by Gasteiger charge is -2.19. The number of ether oxygens (including phenoxy) is 2. The predicted molar refractivity (Wildman–Crippen MR) is 87.9 cm³/mol. The molecule has 0 radical (unpaired) electrons. The van der Waals surface area contributed by atoms with Crippen LogP contribution in [0.3, 0.4) is 0 Å². The number of nitriles is 2. The third kappa shape index (κ3) is 3.23. The minimum atomic E-state index is -0.891. The fraction of sp³-hybridized carbons (Fsp3) is 0.222. The maximum Gasteiger partial charge on any atom is 0.200 e. The molecule has 0 heterocycles. The second kappa shape index (κ2) is 7.85. The molecule has 2 aromatic rings. The van der Waals surface area contributed by atoms with Gasteiger partial charge in [-0.05, 0) is 26.0 Å². The lowest BCUT2D eigenvalue weighted by atomic mass is 10.0. The van der Waals surface area contributed by atoms with E-state index in [2.05, 4.69) is 5.32 Å². The van der Waals surface area contributed by atoms with Crippen LogP contribution in [0.4, 0.5) is 15.8 Å². The van der Waals surface area contributed by atoms with Crippen LogP contribution in [0.25, 0.3) is 0 Å². The average Bonchev–Trinajstić information content (AvgIpc) is 2.60. The van der Waals surface area contributed by atoms with Crippen molar-refractivity contribution in [3.63, 3.8) is 0 Å². The highest BCUT2D eigenvalue weighted by Crippen LogP contribution is 2.44. The van der Waals surface area contributed by atoms with Crippen molar-refractivity contribution >= 4 is 11.4 Å². The van der Waals surface area contributed by atoms with Gasteiger partial charge in [-0.25, -0.2) is 4.39 Å². The Labute approximate surface area is 139 Å². The lowest BCUT2D eigenvalue weighted by molar-refractivity contribution is 0.276. The molecule has 0 spiro atoms. The largest absolute Gasteiger partial charge is 0.488 e. The first-order valence-corrected chi connectivity index (χ1v) is 7.45. The van der Waals surface area contributed by atoms with E-state index in [0.717, 1.165) is 0 Å². The van der Waals surface area contributed by atoms with Gasteiger partial charge in [0.1, 0.15) is 29.0 Å². The van der Waals surface area contributed by atoms with Gasteiger partial charge in [0, 0.05) is 5.69 Å². The molecule has 6 heteroatoms. The van der Waals surface area contributed by atoms with Crippen LogP contribution in [0.15, 0.2) is 30.3 Å². The summed E-state index contributed by atoms with van der Waals surface area (Å²) < 4.78 is 25.5. The van der Waals surface area contributed by atoms with Crippen LogP contribution in [0.5, 0.6) is 11.5 Å². The fourth-order valence-electron chi connectivity index (χ4n) is 2.23. The zero-order chi connectivity index (χ0) is 17.5. The summed E-state index contributed by atoms with van der Waals surface area (Å²) in [5.41, 5.74) is 0.397. The number of benzene rings is 2. The average molecular weight is 325 g/mol. The number of anilines is 2. The van der Waals surface area contributed by atoms with Crippen LogP contribution in [-0.2, 0) is 0 Å². The molecule has 0 amide bonds. The Balaban J connectivity index is 2.75. The zero-order valence-corrected chi connectivity index (χ0v) is 13.4. The van der Waals surface area contributed by atoms with Gasteiger partial charge in [-0.1, -0.05) is 18.2 Å². The summed E-state index contributed by atoms with van der Waals surface area (Å²) >= 11 is 0. The Kier molecular flexibility index (Phi) is 5.59. The summed E-state index contributed by atoms with van der Waals surface area (Å²) in [4.78, 5) is 0. The molecule has 0 atom stereocenters. The van der Waals surface area contributed by atoms with Crippen molar-refractivity contribution in [1.82, 2.24) is 0 Å². The summed E-state index contributed by atoms with van der Waals surface area (Å²) in [5.74, 6) is -0.984. The lowest BCUT2D eigenvalue weighted by Crippen LogP contribution is -2.08. The minimum absolute atomic E-state index is 0.0799. The van der Waals surface area contributed by atoms with Crippen molar-refractivity contribution in [3.05, 3.63) is 47.3 Å². The van der Waals surface area contributed by atoms with Gasteiger partial charge in [0.2, 0.25) is 5.75 Å². The van der Waals surface area contributed by atoms with E-state index in [9.17, 15) is 14.9 Å². The molecule has 0 saturated carbocycles. The molecular weight excluding hydrogens is 309 g/mol. The molecule has 24 heavy (non-hydrogen) atoms. The van der Waals surface area contributed by atoms with Gasteiger partial charge in [-0.2, -0.15) is 10.5 Å². The Bertz CT molecular complexity index is 808. The topological polar surface area (TPSA) is 78.1 Å². The molecule has 0 aliphatic heterocycles. The second-order valence-corrected chi connectivity index (χ2v) is 4.68. The van der Waals surface area contributed by atoms with Gasteiger partial charge >= 0.3 is 0 Å². The normalized spacial score (nSPS) is 9.71. The van der Waals surface area contributed by atoms with E-state index in [1.807, 2.05) is 24.3 Å². The molecule has 122 valence electrons. The van der Waals surface area contributed by atoms with Crippen molar-refractivity contribution in [2.24, 2.45) is 0 Å². The quantitative estimate of drug-likeness (QED) is 0.864. The highest BCUT2D eigenvalue weighted by atomic mass is 19.1. The van der Waals surface area contributed by atoms with E-state index in [1.54, 1.807) is 32.0 Å². The van der Waals surface area contributed by atoms with Crippen molar-refractivity contribution in [2.45, 2.75) is 13.8 Å². The third-order valence-corrected chi connectivity index (χ3v) is 3.20. The fourth-order valence-corrected chi connectivity index (χ4v) is 2.23. The van der Waals surface area contributed by atoms with Crippen LogP contribution < -0.4 is 14.8 Å². The molecule has 2 rings (SSSR count). The molecule has 0 aliphatic carbocycles. The van der Waals surface area contributed by atoms with Crippen LogP contribution >= 0.6 is 0 Å². The SMILES string of the molecule is CCOc1c(F)c(C#N)c(C#N)c(Nc2ccccc2)c1OCC. The maximum atomic E-state index is 14.6. The summed E-state index contributed by atoms with van der Waals surface area (Å²) in [6.07, 6.45) is 0. The van der Waals surface area contributed by atoms with E-state index < -0.39 is 5.82 Å². The van der Waals surface area contributed by atoms with Gasteiger partial charge in [-0.15, -0.1) is 0 Å². The van der Waals surface area contributed by atoms with Crippen LogP contribution in [-0.4, -0.2) is 13.2 Å². The molecule has 5 nitrogen and oxygen atoms in total. The van der Waals surface area contributed by atoms with Crippen molar-refractivity contribution in [1.29, 1.82) is 10.5 Å². The summed E-state index contributed by atoms with van der Waals surface area (Å²) in [6, 6.07) is 12.7. The van der Waals surface area contributed by atoms with Gasteiger partial charge in [0.05, 0.1) is 13.2 Å². The first-order valence-electron chi connectivity index (χ1n) is 7.45. The van der Waals surface area contributed by atoms with Gasteiger partial charge in [0.25, 0.3) is 0 Å². The van der Waals surface area contributed by atoms with Crippen LogP contribution in [0.1, 0.15) is 25.0 Å². The second-order valence-electron chi connectivity index (χ2n) is 4.68. The van der Waals surface area contributed by atoms with E-state index in [1.165, 1.54) is 0 Å². The summed E-state index contributed by atoms with van der Waals surface area (Å²) in [7, 11) is 0. The molecule has 0 fully saturated rings. The standard InChI is InChI=1S/C18H16FN3O2/c1-3-23-17-15(19)13(10-20)14(11-21)16(18(17)24-4-2)22-12-8-6-5-7-9-12/h5-9,22H,3-4H2,1-2H3. The van der Waals surface area contributed by atoms with E-state index in [-0.39, 0.29) is 41.5 Å². The number of nitrogens with one attached hydrogen (secondary N) is 1. The number of nitrogens with zero attached hydrogens (tertiary/aromatic N) is 2. The summed E-state index contributed by atoms with van der Waals surface area (Å²) in [6.45, 7) is 3.88. The molecule has 1 N–H and O–H groups in total. The first kappa shape index (κ1) is 17.1. The molecule has 0 bridgehead atoms. The van der Waals surface area contributed by atoms with Crippen LogP contribution in [0, 0.1) is 28.5 Å². The van der Waals surface area contributed by atoms with E-state index in [4.69, 9.17) is 9.47 Å². The third-order valence-electron chi connectivity index (χ3n) is 3.20. The number of hydrogen-bond acceptors (Lipinski definition) is 5. The molecule has 0 aliphatic rings. The predicted octanol–water partition coefficient (Wildman–Crippen LogP) is 4.11. The Morgan fingerprint density at radius 1 is 0.958 bits per heavy atom. The summed E-state index contributed by atoms with van der Waals surface area (Å²) in [5, 5.41) is 21.7. The Morgan fingerprint density at radius 3 is 2.08 bits per heavy atom. The number of para-hydroxylation sites is 1. The van der Waals surface area contributed by atoms with Crippen LogP contribution in [0.2, 0.25) is 0 Å². The Morgan fingerprint density at radius 2 is 1.54 bits per heavy atom. The molecular formula is C18H16FN3O2. The minimum Gasteiger partial charge on any atom is -0.488 e. The van der Waals surface area contributed by atoms with Crippen molar-refractivity contribution in [3.8, 4) is 23.6 Å².